The molecule has 4 rings (SSSR count). The molecule has 0 spiro atoms. The lowest BCUT2D eigenvalue weighted by Crippen LogP contribution is -2.40. The summed E-state index contributed by atoms with van der Waals surface area (Å²) in [4.78, 5) is 35.9. The van der Waals surface area contributed by atoms with Gasteiger partial charge in [-0.2, -0.15) is 0 Å². The molecule has 1 aromatic carbocycles. The predicted octanol–water partition coefficient (Wildman–Crippen LogP) is 4.01. The molecule has 1 aliphatic heterocycles. The molecule has 0 N–H and O–H groups in total. The fourth-order valence-corrected chi connectivity index (χ4v) is 3.85. The zero-order chi connectivity index (χ0) is 24.1. The van der Waals surface area contributed by atoms with Crippen LogP contribution in [0.1, 0.15) is 49.9 Å². The van der Waals surface area contributed by atoms with Gasteiger partial charge in [0.25, 0.3) is 0 Å². The number of amides is 1. The van der Waals surface area contributed by atoms with Crippen LogP contribution in [0.3, 0.4) is 0 Å². The van der Waals surface area contributed by atoms with E-state index in [9.17, 15) is 9.59 Å². The van der Waals surface area contributed by atoms with E-state index in [0.717, 1.165) is 25.7 Å². The molecule has 1 aromatic heterocycles. The normalized spacial score (nSPS) is 16.2. The molecule has 2 aromatic rings. The van der Waals surface area contributed by atoms with Crippen LogP contribution in [0.25, 0.3) is 0 Å². The molecule has 0 atom stereocenters. The number of nitrogens with zero attached hydrogens (tertiary/aromatic N) is 3. The molecule has 2 fully saturated rings. The lowest BCUT2D eigenvalue weighted by atomic mass is 9.98. The van der Waals surface area contributed by atoms with Crippen LogP contribution in [-0.4, -0.2) is 54.8 Å². The number of hydrogen-bond donors (Lipinski definition) is 0. The summed E-state index contributed by atoms with van der Waals surface area (Å²) in [6.07, 6.45) is 6.68. The van der Waals surface area contributed by atoms with Gasteiger partial charge in [0, 0.05) is 31.7 Å². The molecular formula is C25H31N3O6. The summed E-state index contributed by atoms with van der Waals surface area (Å²) in [6, 6.07) is 4.84. The van der Waals surface area contributed by atoms with Gasteiger partial charge in [-0.3, -0.25) is 9.69 Å². The average molecular weight is 470 g/mol. The largest absolute Gasteiger partial charge is 0.491 e. The standard InChI is InChI=1S/C25H31N3O6/c1-16(2)33-20-10-19(25(30)31-3)11-21(12-20)34-23-14-26-22(13-27-23)28(15-17-4-5-17)24(29)18-6-8-32-9-7-18/h10-14,16-18H,4-9,15H2,1-3H3. The van der Waals surface area contributed by atoms with Crippen molar-refractivity contribution in [3.05, 3.63) is 36.2 Å². The number of aromatic nitrogens is 2. The van der Waals surface area contributed by atoms with Crippen LogP contribution < -0.4 is 14.4 Å². The molecule has 9 nitrogen and oxygen atoms in total. The second kappa shape index (κ2) is 10.8. The van der Waals surface area contributed by atoms with E-state index in [1.54, 1.807) is 29.3 Å². The van der Waals surface area contributed by atoms with E-state index < -0.39 is 5.97 Å². The smallest absolute Gasteiger partial charge is 0.338 e. The van der Waals surface area contributed by atoms with Crippen molar-refractivity contribution in [3.8, 4) is 17.4 Å². The van der Waals surface area contributed by atoms with Crippen LogP contribution in [0.15, 0.2) is 30.6 Å². The zero-order valence-electron chi connectivity index (χ0n) is 19.9. The Bertz CT molecular complexity index is 1000. The van der Waals surface area contributed by atoms with Crippen LogP contribution in [-0.2, 0) is 14.3 Å². The summed E-state index contributed by atoms with van der Waals surface area (Å²) in [6.45, 7) is 5.66. The van der Waals surface area contributed by atoms with Crippen LogP contribution >= 0.6 is 0 Å². The average Bonchev–Trinajstić information content (AvgIpc) is 3.66. The molecule has 182 valence electrons. The first-order chi connectivity index (χ1) is 16.4. The van der Waals surface area contributed by atoms with Crippen molar-refractivity contribution in [2.45, 2.75) is 45.6 Å². The van der Waals surface area contributed by atoms with E-state index in [-0.39, 0.29) is 23.8 Å². The third kappa shape index (κ3) is 6.22. The van der Waals surface area contributed by atoms with E-state index in [2.05, 4.69) is 9.97 Å². The third-order valence-corrected chi connectivity index (χ3v) is 5.76. The minimum absolute atomic E-state index is 0.0503. The first kappa shape index (κ1) is 23.9. The van der Waals surface area contributed by atoms with Gasteiger partial charge in [0.2, 0.25) is 11.8 Å². The van der Waals surface area contributed by atoms with Crippen LogP contribution in [0.5, 0.6) is 17.4 Å². The first-order valence-electron chi connectivity index (χ1n) is 11.7. The monoisotopic (exact) mass is 469 g/mol. The molecule has 9 heteroatoms. The first-order valence-corrected chi connectivity index (χ1v) is 11.7. The lowest BCUT2D eigenvalue weighted by Gasteiger charge is -2.28. The molecule has 1 aliphatic carbocycles. The number of anilines is 1. The van der Waals surface area contributed by atoms with Gasteiger partial charge in [0.15, 0.2) is 5.82 Å². The van der Waals surface area contributed by atoms with Crippen molar-refractivity contribution in [3.63, 3.8) is 0 Å². The number of rotatable bonds is 9. The number of carbonyl (C=O) groups is 2. The number of benzene rings is 1. The van der Waals surface area contributed by atoms with Gasteiger partial charge >= 0.3 is 5.97 Å². The molecule has 1 saturated heterocycles. The summed E-state index contributed by atoms with van der Waals surface area (Å²) in [5.74, 6) is 1.66. The van der Waals surface area contributed by atoms with Gasteiger partial charge in [-0.05, 0) is 57.6 Å². The van der Waals surface area contributed by atoms with E-state index in [1.165, 1.54) is 13.3 Å². The topological polar surface area (TPSA) is 100 Å². The SMILES string of the molecule is COC(=O)c1cc(Oc2cnc(N(CC3CC3)C(=O)C3CCOCC3)cn2)cc(OC(C)C)c1. The fraction of sp³-hybridized carbons (Fsp3) is 0.520. The Morgan fingerprint density at radius 3 is 2.41 bits per heavy atom. The van der Waals surface area contributed by atoms with Gasteiger partial charge in [-0.25, -0.2) is 14.8 Å². The Kier molecular flexibility index (Phi) is 7.62. The summed E-state index contributed by atoms with van der Waals surface area (Å²) in [7, 11) is 1.32. The predicted molar refractivity (Wildman–Crippen MR) is 124 cm³/mol. The second-order valence-corrected chi connectivity index (χ2v) is 8.95. The summed E-state index contributed by atoms with van der Waals surface area (Å²) in [5.41, 5.74) is 0.304. The minimum Gasteiger partial charge on any atom is -0.491 e. The maximum absolute atomic E-state index is 13.2. The highest BCUT2D eigenvalue weighted by Gasteiger charge is 2.33. The van der Waals surface area contributed by atoms with Crippen LogP contribution in [0.4, 0.5) is 5.82 Å². The van der Waals surface area contributed by atoms with Crippen LogP contribution in [0.2, 0.25) is 0 Å². The van der Waals surface area contributed by atoms with Crippen LogP contribution in [0, 0.1) is 11.8 Å². The van der Waals surface area contributed by atoms with E-state index >= 15 is 0 Å². The summed E-state index contributed by atoms with van der Waals surface area (Å²) < 4.78 is 21.8. The third-order valence-electron chi connectivity index (χ3n) is 5.76. The number of ether oxygens (including phenoxy) is 4. The van der Waals surface area contributed by atoms with E-state index in [4.69, 9.17) is 18.9 Å². The fourth-order valence-electron chi connectivity index (χ4n) is 3.85. The van der Waals surface area contributed by atoms with Gasteiger partial charge in [0.1, 0.15) is 11.5 Å². The van der Waals surface area contributed by atoms with Gasteiger partial charge in [-0.1, -0.05) is 0 Å². The summed E-state index contributed by atoms with van der Waals surface area (Å²) in [5, 5.41) is 0. The Labute approximate surface area is 199 Å². The Morgan fingerprint density at radius 1 is 1.06 bits per heavy atom. The van der Waals surface area contributed by atoms with Crippen molar-refractivity contribution < 1.29 is 28.5 Å². The Morgan fingerprint density at radius 2 is 1.79 bits per heavy atom. The summed E-state index contributed by atoms with van der Waals surface area (Å²) >= 11 is 0. The zero-order valence-corrected chi connectivity index (χ0v) is 19.9. The number of methoxy groups -OCH3 is 1. The maximum Gasteiger partial charge on any atom is 0.338 e. The molecule has 2 aliphatic rings. The molecule has 34 heavy (non-hydrogen) atoms. The van der Waals surface area contributed by atoms with Gasteiger partial charge < -0.3 is 18.9 Å². The quantitative estimate of drug-likeness (QED) is 0.508. The van der Waals surface area contributed by atoms with Crippen molar-refractivity contribution in [2.24, 2.45) is 11.8 Å². The molecule has 0 unspecified atom stereocenters. The second-order valence-electron chi connectivity index (χ2n) is 8.95. The molecular weight excluding hydrogens is 438 g/mol. The highest BCUT2D eigenvalue weighted by atomic mass is 16.5. The molecule has 0 radical (unpaired) electrons. The molecule has 2 heterocycles. The van der Waals surface area contributed by atoms with E-state index in [1.807, 2.05) is 13.8 Å². The van der Waals surface area contributed by atoms with Crippen molar-refractivity contribution >= 4 is 17.7 Å². The maximum atomic E-state index is 13.2. The van der Waals surface area contributed by atoms with Gasteiger partial charge in [-0.15, -0.1) is 0 Å². The highest BCUT2D eigenvalue weighted by molar-refractivity contribution is 5.94. The highest BCUT2D eigenvalue weighted by Crippen LogP contribution is 2.33. The minimum atomic E-state index is -0.497. The van der Waals surface area contributed by atoms with Crippen molar-refractivity contribution in [1.29, 1.82) is 0 Å². The van der Waals surface area contributed by atoms with Crippen molar-refractivity contribution in [2.75, 3.05) is 31.8 Å². The molecule has 1 saturated carbocycles. The van der Waals surface area contributed by atoms with Crippen molar-refractivity contribution in [1.82, 2.24) is 9.97 Å². The number of carbonyl (C=O) groups excluding carboxylic acids is 2. The van der Waals surface area contributed by atoms with E-state index in [0.29, 0.717) is 48.6 Å². The lowest BCUT2D eigenvalue weighted by molar-refractivity contribution is -0.125. The Hall–Kier alpha value is -3.20. The number of esters is 1. The van der Waals surface area contributed by atoms with Gasteiger partial charge in [0.05, 0.1) is 31.2 Å². The Balaban J connectivity index is 1.52. The molecule has 0 bridgehead atoms. The number of hydrogen-bond acceptors (Lipinski definition) is 8. The molecule has 1 amide bonds.